The molecule has 3 N–H and O–H groups in total. The van der Waals surface area contributed by atoms with Crippen LogP contribution >= 0.6 is 11.6 Å². The largest absolute Gasteiger partial charge is 0.395 e. The van der Waals surface area contributed by atoms with Gasteiger partial charge in [0.15, 0.2) is 0 Å². The first kappa shape index (κ1) is 15.4. The lowest BCUT2D eigenvalue weighted by Crippen LogP contribution is -2.44. The van der Waals surface area contributed by atoms with Gasteiger partial charge in [-0.2, -0.15) is 0 Å². The van der Waals surface area contributed by atoms with Crippen LogP contribution in [-0.4, -0.2) is 35.2 Å². The molecule has 0 aliphatic heterocycles. The Kier molecular flexibility index (Phi) is 6.09. The summed E-state index contributed by atoms with van der Waals surface area (Å²) in [4.78, 5) is 2.20. The maximum absolute atomic E-state index is 9.21. The molecule has 4 heteroatoms. The van der Waals surface area contributed by atoms with E-state index in [0.717, 1.165) is 5.56 Å². The van der Waals surface area contributed by atoms with Crippen LogP contribution in [0.5, 0.6) is 0 Å². The van der Waals surface area contributed by atoms with Crippen molar-refractivity contribution in [3.8, 4) is 0 Å². The summed E-state index contributed by atoms with van der Waals surface area (Å²) in [6.07, 6.45) is 0. The SMILES string of the molecule is CC(N)C(c1cccc(Cl)c1)N(CCO)C(C)C. The van der Waals surface area contributed by atoms with Crippen molar-refractivity contribution in [1.82, 2.24) is 4.90 Å². The van der Waals surface area contributed by atoms with E-state index in [9.17, 15) is 5.11 Å². The van der Waals surface area contributed by atoms with E-state index in [1.54, 1.807) is 0 Å². The Bertz CT molecular complexity index is 369. The third-order valence-electron chi connectivity index (χ3n) is 3.07. The minimum Gasteiger partial charge on any atom is -0.395 e. The van der Waals surface area contributed by atoms with Crippen LogP contribution in [-0.2, 0) is 0 Å². The van der Waals surface area contributed by atoms with Crippen molar-refractivity contribution in [3.05, 3.63) is 34.9 Å². The lowest BCUT2D eigenvalue weighted by molar-refractivity contribution is 0.105. The molecule has 102 valence electrons. The van der Waals surface area contributed by atoms with Gasteiger partial charge in [0.2, 0.25) is 0 Å². The molecule has 1 aromatic rings. The molecule has 0 saturated carbocycles. The van der Waals surface area contributed by atoms with Crippen molar-refractivity contribution < 1.29 is 5.11 Å². The Morgan fingerprint density at radius 3 is 2.44 bits per heavy atom. The minimum atomic E-state index is -0.0302. The third kappa shape index (κ3) is 3.95. The second-order valence-electron chi connectivity index (χ2n) is 4.91. The van der Waals surface area contributed by atoms with Crippen LogP contribution in [0.2, 0.25) is 5.02 Å². The third-order valence-corrected chi connectivity index (χ3v) is 3.30. The summed E-state index contributed by atoms with van der Waals surface area (Å²) in [6, 6.07) is 8.12. The van der Waals surface area contributed by atoms with Crippen molar-refractivity contribution >= 4 is 11.6 Å². The summed E-state index contributed by atoms with van der Waals surface area (Å²) in [5.41, 5.74) is 7.22. The standard InChI is InChI=1S/C14H23ClN2O/c1-10(2)17(7-8-18)14(11(3)16)12-5-4-6-13(15)9-12/h4-6,9-11,14,18H,7-8,16H2,1-3H3. The highest BCUT2D eigenvalue weighted by atomic mass is 35.5. The monoisotopic (exact) mass is 270 g/mol. The van der Waals surface area contributed by atoms with Gasteiger partial charge in [0.05, 0.1) is 12.6 Å². The number of nitrogens with zero attached hydrogens (tertiary/aromatic N) is 1. The first-order valence-corrected chi connectivity index (χ1v) is 6.72. The van der Waals surface area contributed by atoms with E-state index in [2.05, 4.69) is 18.7 Å². The predicted molar refractivity (Wildman–Crippen MR) is 76.8 cm³/mol. The molecule has 18 heavy (non-hydrogen) atoms. The zero-order valence-electron chi connectivity index (χ0n) is 11.3. The number of hydrogen-bond acceptors (Lipinski definition) is 3. The second-order valence-corrected chi connectivity index (χ2v) is 5.35. The Morgan fingerprint density at radius 2 is 2.00 bits per heavy atom. The van der Waals surface area contributed by atoms with E-state index in [-0.39, 0.29) is 18.7 Å². The van der Waals surface area contributed by atoms with Crippen LogP contribution < -0.4 is 5.73 Å². The molecule has 2 unspecified atom stereocenters. The molecule has 0 amide bonds. The fraction of sp³-hybridized carbons (Fsp3) is 0.571. The average molecular weight is 271 g/mol. The Hall–Kier alpha value is -0.610. The van der Waals surface area contributed by atoms with Gasteiger partial charge >= 0.3 is 0 Å². The summed E-state index contributed by atoms with van der Waals surface area (Å²) in [7, 11) is 0. The summed E-state index contributed by atoms with van der Waals surface area (Å²) < 4.78 is 0. The van der Waals surface area contributed by atoms with Crippen LogP contribution in [0.4, 0.5) is 0 Å². The summed E-state index contributed by atoms with van der Waals surface area (Å²) >= 11 is 6.05. The van der Waals surface area contributed by atoms with Gasteiger partial charge in [-0.1, -0.05) is 23.7 Å². The first-order chi connectivity index (χ1) is 8.47. The number of hydrogen-bond donors (Lipinski definition) is 2. The lowest BCUT2D eigenvalue weighted by Gasteiger charge is -2.37. The van der Waals surface area contributed by atoms with Gasteiger partial charge in [0.25, 0.3) is 0 Å². The molecule has 3 nitrogen and oxygen atoms in total. The molecule has 0 fully saturated rings. The predicted octanol–water partition coefficient (Wildman–Crippen LogP) is 2.43. The zero-order chi connectivity index (χ0) is 13.7. The molecule has 0 aliphatic rings. The summed E-state index contributed by atoms with van der Waals surface area (Å²) in [6.45, 7) is 6.93. The molecule has 0 aliphatic carbocycles. The fourth-order valence-electron chi connectivity index (χ4n) is 2.32. The Labute approximate surface area is 115 Å². The number of aliphatic hydroxyl groups is 1. The summed E-state index contributed by atoms with van der Waals surface area (Å²) in [5.74, 6) is 0. The number of halogens is 1. The zero-order valence-corrected chi connectivity index (χ0v) is 12.1. The van der Waals surface area contributed by atoms with Gasteiger partial charge in [-0.25, -0.2) is 0 Å². The van der Waals surface area contributed by atoms with Crippen molar-refractivity contribution in [2.75, 3.05) is 13.2 Å². The second kappa shape index (κ2) is 7.10. The van der Waals surface area contributed by atoms with Crippen molar-refractivity contribution in [2.24, 2.45) is 5.73 Å². The van der Waals surface area contributed by atoms with E-state index < -0.39 is 0 Å². The molecule has 0 heterocycles. The molecular weight excluding hydrogens is 248 g/mol. The normalized spacial score (nSPS) is 15.1. The number of rotatable bonds is 6. The maximum atomic E-state index is 9.21. The average Bonchev–Trinajstić information content (AvgIpc) is 2.27. The lowest BCUT2D eigenvalue weighted by atomic mass is 9.98. The molecule has 0 spiro atoms. The van der Waals surface area contributed by atoms with Gasteiger partial charge in [0, 0.05) is 23.7 Å². The van der Waals surface area contributed by atoms with Crippen LogP contribution in [0.15, 0.2) is 24.3 Å². The Balaban J connectivity index is 3.07. The van der Waals surface area contributed by atoms with E-state index in [1.165, 1.54) is 0 Å². The number of aliphatic hydroxyl groups excluding tert-OH is 1. The highest BCUT2D eigenvalue weighted by Crippen LogP contribution is 2.27. The highest BCUT2D eigenvalue weighted by molar-refractivity contribution is 6.30. The smallest absolute Gasteiger partial charge is 0.0558 e. The summed E-state index contributed by atoms with van der Waals surface area (Å²) in [5, 5.41) is 9.92. The number of benzene rings is 1. The van der Waals surface area contributed by atoms with E-state index >= 15 is 0 Å². The van der Waals surface area contributed by atoms with E-state index in [4.69, 9.17) is 17.3 Å². The molecule has 0 bridgehead atoms. The van der Waals surface area contributed by atoms with Crippen LogP contribution in [0.25, 0.3) is 0 Å². The van der Waals surface area contributed by atoms with Gasteiger partial charge in [0.1, 0.15) is 0 Å². The first-order valence-electron chi connectivity index (χ1n) is 6.35. The quantitative estimate of drug-likeness (QED) is 0.835. The maximum Gasteiger partial charge on any atom is 0.0558 e. The molecular formula is C14H23ClN2O. The van der Waals surface area contributed by atoms with Crippen molar-refractivity contribution in [1.29, 1.82) is 0 Å². The van der Waals surface area contributed by atoms with E-state index in [1.807, 2.05) is 31.2 Å². The molecule has 0 radical (unpaired) electrons. The Morgan fingerprint density at radius 1 is 1.33 bits per heavy atom. The highest BCUT2D eigenvalue weighted by Gasteiger charge is 2.25. The van der Waals surface area contributed by atoms with Crippen LogP contribution in [0.1, 0.15) is 32.4 Å². The van der Waals surface area contributed by atoms with Gasteiger partial charge in [-0.15, -0.1) is 0 Å². The molecule has 1 rings (SSSR count). The molecule has 0 saturated heterocycles. The number of nitrogens with two attached hydrogens (primary N) is 1. The topological polar surface area (TPSA) is 49.5 Å². The van der Waals surface area contributed by atoms with Gasteiger partial charge in [-0.05, 0) is 38.5 Å². The van der Waals surface area contributed by atoms with Gasteiger partial charge < -0.3 is 10.8 Å². The van der Waals surface area contributed by atoms with Gasteiger partial charge in [-0.3, -0.25) is 4.90 Å². The van der Waals surface area contributed by atoms with Crippen LogP contribution in [0, 0.1) is 0 Å². The molecule has 1 aromatic carbocycles. The molecule has 0 aromatic heterocycles. The fourth-order valence-corrected chi connectivity index (χ4v) is 2.52. The van der Waals surface area contributed by atoms with Crippen molar-refractivity contribution in [3.63, 3.8) is 0 Å². The van der Waals surface area contributed by atoms with Crippen molar-refractivity contribution in [2.45, 2.75) is 38.9 Å². The minimum absolute atomic E-state index is 0.0302. The van der Waals surface area contributed by atoms with E-state index in [0.29, 0.717) is 17.6 Å². The molecule has 2 atom stereocenters. The van der Waals surface area contributed by atoms with Crippen LogP contribution in [0.3, 0.4) is 0 Å².